The molecule has 10 heteroatoms. The molecule has 1 amide bonds. The fraction of sp³-hybridized carbons (Fsp3) is 0.429. The number of amides is 1. The van der Waals surface area contributed by atoms with Crippen molar-refractivity contribution in [2.45, 2.75) is 30.9 Å². The molecule has 3 fully saturated rings. The van der Waals surface area contributed by atoms with Crippen LogP contribution in [0.25, 0.3) is 5.65 Å². The molecule has 0 aromatic carbocycles. The molecule has 10 nitrogen and oxygen atoms in total. The van der Waals surface area contributed by atoms with E-state index in [4.69, 9.17) is 9.72 Å². The Labute approximate surface area is 179 Å². The van der Waals surface area contributed by atoms with Crippen molar-refractivity contribution in [1.29, 1.82) is 0 Å². The summed E-state index contributed by atoms with van der Waals surface area (Å²) in [6, 6.07) is 8.00. The fourth-order valence-corrected chi connectivity index (χ4v) is 4.11. The average Bonchev–Trinajstić information content (AvgIpc) is 3.41. The molecule has 1 aliphatic carbocycles. The van der Waals surface area contributed by atoms with Gasteiger partial charge in [-0.2, -0.15) is 9.61 Å². The number of pyridine rings is 1. The van der Waals surface area contributed by atoms with Crippen LogP contribution in [0.4, 0.5) is 23.3 Å². The number of hydrogen-bond donors (Lipinski definition) is 3. The van der Waals surface area contributed by atoms with Crippen molar-refractivity contribution in [3.8, 4) is 0 Å². The van der Waals surface area contributed by atoms with E-state index in [2.05, 4.69) is 30.9 Å². The van der Waals surface area contributed by atoms with Crippen LogP contribution in [-0.4, -0.2) is 63.9 Å². The monoisotopic (exact) mass is 420 g/mol. The second-order valence-corrected chi connectivity index (χ2v) is 8.46. The number of carbonyl (C=O) groups excluding carboxylic acids is 1. The number of anilines is 4. The van der Waals surface area contributed by atoms with Gasteiger partial charge in [-0.15, -0.1) is 0 Å². The van der Waals surface area contributed by atoms with Crippen molar-refractivity contribution in [3.63, 3.8) is 0 Å². The first-order chi connectivity index (χ1) is 15.1. The first-order valence-corrected chi connectivity index (χ1v) is 10.6. The number of fused-ring (bicyclic) bond motifs is 1. The molecule has 3 aromatic rings. The molecule has 0 atom stereocenters. The Morgan fingerprint density at radius 3 is 2.77 bits per heavy atom. The van der Waals surface area contributed by atoms with Gasteiger partial charge < -0.3 is 25.6 Å². The molecular weight excluding hydrogens is 396 g/mol. The quantitative estimate of drug-likeness (QED) is 0.554. The highest BCUT2D eigenvalue weighted by molar-refractivity contribution is 6.00. The van der Waals surface area contributed by atoms with Crippen molar-refractivity contribution in [3.05, 3.63) is 36.0 Å². The van der Waals surface area contributed by atoms with Crippen LogP contribution in [0.3, 0.4) is 0 Å². The van der Waals surface area contributed by atoms with Crippen LogP contribution in [0.2, 0.25) is 0 Å². The van der Waals surface area contributed by atoms with Crippen LogP contribution in [0.5, 0.6) is 0 Å². The number of carbonyl (C=O) groups is 1. The van der Waals surface area contributed by atoms with Crippen molar-refractivity contribution in [2.75, 3.05) is 42.3 Å². The largest absolute Gasteiger partial charge is 0.373 e. The summed E-state index contributed by atoms with van der Waals surface area (Å²) >= 11 is 0. The van der Waals surface area contributed by atoms with E-state index < -0.39 is 0 Å². The van der Waals surface area contributed by atoms with Gasteiger partial charge in [0.1, 0.15) is 34.4 Å². The Morgan fingerprint density at radius 2 is 2.06 bits per heavy atom. The number of aromatic nitrogens is 4. The van der Waals surface area contributed by atoms with Gasteiger partial charge in [-0.05, 0) is 25.0 Å². The zero-order valence-corrected chi connectivity index (χ0v) is 17.3. The Bertz CT molecular complexity index is 1160. The minimum atomic E-state index is -0.144. The number of rotatable bonds is 6. The molecule has 6 rings (SSSR count). The van der Waals surface area contributed by atoms with Crippen LogP contribution < -0.4 is 20.9 Å². The molecule has 1 saturated carbocycles. The van der Waals surface area contributed by atoms with Gasteiger partial charge in [-0.25, -0.2) is 9.97 Å². The summed E-state index contributed by atoms with van der Waals surface area (Å²) < 4.78 is 7.34. The van der Waals surface area contributed by atoms with Gasteiger partial charge in [0.25, 0.3) is 5.91 Å². The number of ether oxygens (including phenoxy) is 1. The summed E-state index contributed by atoms with van der Waals surface area (Å²) in [7, 11) is 1.81. The van der Waals surface area contributed by atoms with Gasteiger partial charge in [-0.1, -0.05) is 6.07 Å². The van der Waals surface area contributed by atoms with E-state index in [0.717, 1.165) is 50.6 Å². The molecule has 0 unspecified atom stereocenters. The molecule has 0 bridgehead atoms. The third-order valence-electron chi connectivity index (χ3n) is 6.12. The first kappa shape index (κ1) is 18.4. The van der Waals surface area contributed by atoms with Crippen LogP contribution in [-0.2, 0) is 4.74 Å². The maximum atomic E-state index is 12.6. The zero-order chi connectivity index (χ0) is 21.0. The number of hydrogen-bond acceptors (Lipinski definition) is 8. The molecule has 1 spiro atoms. The molecule has 5 heterocycles. The lowest BCUT2D eigenvalue weighted by atomic mass is 9.86. The Morgan fingerprint density at radius 1 is 1.23 bits per heavy atom. The van der Waals surface area contributed by atoms with E-state index >= 15 is 0 Å². The third-order valence-corrected chi connectivity index (χ3v) is 6.12. The summed E-state index contributed by atoms with van der Waals surface area (Å²) in [5.41, 5.74) is 1.01. The lowest BCUT2D eigenvalue weighted by Gasteiger charge is -2.55. The molecule has 2 saturated heterocycles. The van der Waals surface area contributed by atoms with Gasteiger partial charge in [0.15, 0.2) is 5.65 Å². The first-order valence-electron chi connectivity index (χ1n) is 10.6. The number of nitrogens with zero attached hydrogens (tertiary/aromatic N) is 5. The highest BCUT2D eigenvalue weighted by atomic mass is 16.5. The van der Waals surface area contributed by atoms with E-state index in [9.17, 15) is 4.79 Å². The van der Waals surface area contributed by atoms with Crippen molar-refractivity contribution < 1.29 is 9.53 Å². The van der Waals surface area contributed by atoms with E-state index in [1.54, 1.807) is 10.7 Å². The molecular formula is C21H24N8O2. The summed E-state index contributed by atoms with van der Waals surface area (Å²) in [6.07, 6.45) is 4.74. The van der Waals surface area contributed by atoms with Crippen LogP contribution in [0, 0.1) is 0 Å². The van der Waals surface area contributed by atoms with E-state index in [-0.39, 0.29) is 17.6 Å². The Kier molecular flexibility index (Phi) is 4.04. The maximum absolute atomic E-state index is 12.6. The lowest BCUT2D eigenvalue weighted by molar-refractivity contribution is -0.161. The molecule has 2 aliphatic heterocycles. The van der Waals surface area contributed by atoms with Gasteiger partial charge >= 0.3 is 0 Å². The molecule has 0 radical (unpaired) electrons. The predicted octanol–water partition coefficient (Wildman–Crippen LogP) is 1.78. The number of nitrogens with one attached hydrogen (secondary N) is 3. The molecule has 160 valence electrons. The Balaban J connectivity index is 1.27. The highest BCUT2D eigenvalue weighted by Gasteiger charge is 2.49. The summed E-state index contributed by atoms with van der Waals surface area (Å²) in [6.45, 7) is 2.62. The van der Waals surface area contributed by atoms with Gasteiger partial charge in [-0.3, -0.25) is 4.79 Å². The summed E-state index contributed by atoms with van der Waals surface area (Å²) in [4.78, 5) is 24.2. The van der Waals surface area contributed by atoms with E-state index in [1.165, 1.54) is 0 Å². The SMILES string of the molecule is CNc1cc(Nc2cccc(N3CC4(CCO4)C3)n2)nc2c(C(=O)NC3CC3)cnn12. The molecule has 3 aromatic heterocycles. The summed E-state index contributed by atoms with van der Waals surface area (Å²) in [5, 5.41) is 13.7. The van der Waals surface area contributed by atoms with Gasteiger partial charge in [0, 0.05) is 25.6 Å². The lowest BCUT2D eigenvalue weighted by Crippen LogP contribution is -2.68. The highest BCUT2D eigenvalue weighted by Crippen LogP contribution is 2.38. The smallest absolute Gasteiger partial charge is 0.256 e. The van der Waals surface area contributed by atoms with E-state index in [1.807, 2.05) is 31.3 Å². The van der Waals surface area contributed by atoms with Crippen LogP contribution in [0.1, 0.15) is 29.6 Å². The van der Waals surface area contributed by atoms with Crippen molar-refractivity contribution in [1.82, 2.24) is 24.9 Å². The van der Waals surface area contributed by atoms with Gasteiger partial charge in [0.2, 0.25) is 0 Å². The van der Waals surface area contributed by atoms with Crippen molar-refractivity contribution >= 4 is 34.8 Å². The normalized spacial score (nSPS) is 19.1. The minimum absolute atomic E-state index is 0.0544. The second kappa shape index (κ2) is 6.81. The standard InChI is InChI=1S/C21H24N8O2/c1-22-18-9-16(27-19-14(10-23-29(18)19)20(30)24-13-5-6-13)25-15-3-2-4-17(26-15)28-11-21(12-28)7-8-31-21/h2-4,9-10,13,22H,5-8,11-12H2,1H3,(H,24,30)(H,25,26,27). The minimum Gasteiger partial charge on any atom is -0.373 e. The summed E-state index contributed by atoms with van der Waals surface area (Å²) in [5.74, 6) is 2.77. The molecule has 3 aliphatic rings. The maximum Gasteiger partial charge on any atom is 0.256 e. The van der Waals surface area contributed by atoms with Crippen LogP contribution >= 0.6 is 0 Å². The van der Waals surface area contributed by atoms with E-state index in [0.29, 0.717) is 22.8 Å². The van der Waals surface area contributed by atoms with Crippen LogP contribution in [0.15, 0.2) is 30.5 Å². The zero-order valence-electron chi connectivity index (χ0n) is 17.3. The molecule has 3 N–H and O–H groups in total. The second-order valence-electron chi connectivity index (χ2n) is 8.46. The predicted molar refractivity (Wildman–Crippen MR) is 116 cm³/mol. The fourth-order valence-electron chi connectivity index (χ4n) is 4.11. The molecule has 31 heavy (non-hydrogen) atoms. The van der Waals surface area contributed by atoms with Crippen molar-refractivity contribution in [2.24, 2.45) is 0 Å². The average molecular weight is 420 g/mol. The topological polar surface area (TPSA) is 109 Å². The Hall–Kier alpha value is -3.40. The third kappa shape index (κ3) is 3.23. The van der Waals surface area contributed by atoms with Gasteiger partial charge in [0.05, 0.1) is 25.9 Å².